The zero-order valence-electron chi connectivity index (χ0n) is 19.9. The number of carbonyl (C=O) groups is 1. The number of hydrogen-bond donors (Lipinski definition) is 0. The quantitative estimate of drug-likeness (QED) is 0.505. The van der Waals surface area contributed by atoms with E-state index < -0.39 is 0 Å². The van der Waals surface area contributed by atoms with Crippen molar-refractivity contribution in [2.45, 2.75) is 63.5 Å². The standard InChI is InChI=1S/C30H34N2O2/c33-29(30(12-14-34-15-13-30)20-22-6-2-1-3-7-22)32-26-10-11-27(32)19-23(18-26)16-24-17-25-8-4-5-9-28(25)31-21-24/h1-9,17,21,23,26-27H,10-16,18-20H2. The van der Waals surface area contributed by atoms with Crippen molar-refractivity contribution >= 4 is 16.8 Å². The second kappa shape index (κ2) is 9.14. The Morgan fingerprint density at radius 2 is 1.65 bits per heavy atom. The first kappa shape index (κ1) is 21.8. The third kappa shape index (κ3) is 4.13. The third-order valence-corrected chi connectivity index (χ3v) is 8.53. The number of nitrogens with zero attached hydrogens (tertiary/aromatic N) is 2. The first-order valence-electron chi connectivity index (χ1n) is 13.0. The fourth-order valence-electron chi connectivity index (χ4n) is 6.84. The molecule has 4 nitrogen and oxygen atoms in total. The highest BCUT2D eigenvalue weighted by atomic mass is 16.5. The van der Waals surface area contributed by atoms with E-state index in [4.69, 9.17) is 4.74 Å². The molecule has 2 unspecified atom stereocenters. The number of aromatic nitrogens is 1. The average molecular weight is 455 g/mol. The molecule has 6 rings (SSSR count). The minimum absolute atomic E-state index is 0.310. The van der Waals surface area contributed by atoms with E-state index in [1.54, 1.807) is 0 Å². The van der Waals surface area contributed by atoms with Gasteiger partial charge in [-0.25, -0.2) is 0 Å². The van der Waals surface area contributed by atoms with Crippen molar-refractivity contribution in [3.8, 4) is 0 Å². The maximum Gasteiger partial charge on any atom is 0.229 e. The van der Waals surface area contributed by atoms with E-state index in [9.17, 15) is 4.79 Å². The molecule has 0 saturated carbocycles. The molecule has 2 bridgehead atoms. The number of ether oxygens (including phenoxy) is 1. The topological polar surface area (TPSA) is 42.4 Å². The van der Waals surface area contributed by atoms with Gasteiger partial charge in [0.1, 0.15) is 0 Å². The molecule has 1 amide bonds. The van der Waals surface area contributed by atoms with Crippen molar-refractivity contribution < 1.29 is 9.53 Å². The van der Waals surface area contributed by atoms with Crippen LogP contribution in [0.4, 0.5) is 0 Å². The van der Waals surface area contributed by atoms with Crippen molar-refractivity contribution in [3.05, 3.63) is 78.0 Å². The molecule has 3 fully saturated rings. The summed E-state index contributed by atoms with van der Waals surface area (Å²) in [6.07, 6.45) is 10.2. The maximum absolute atomic E-state index is 14.2. The number of benzene rings is 2. The monoisotopic (exact) mass is 454 g/mol. The molecule has 3 saturated heterocycles. The van der Waals surface area contributed by atoms with Gasteiger partial charge in [-0.05, 0) is 80.5 Å². The van der Waals surface area contributed by atoms with Gasteiger partial charge in [-0.1, -0.05) is 48.5 Å². The molecule has 2 aromatic carbocycles. The molecule has 0 N–H and O–H groups in total. The number of rotatable bonds is 5. The van der Waals surface area contributed by atoms with E-state index in [0.29, 0.717) is 37.1 Å². The Bertz CT molecular complexity index is 1140. The fourth-order valence-corrected chi connectivity index (χ4v) is 6.84. The van der Waals surface area contributed by atoms with Gasteiger partial charge in [-0.3, -0.25) is 9.78 Å². The molecule has 176 valence electrons. The van der Waals surface area contributed by atoms with Crippen LogP contribution in [0.5, 0.6) is 0 Å². The lowest BCUT2D eigenvalue weighted by molar-refractivity contribution is -0.153. The predicted molar refractivity (Wildman–Crippen MR) is 134 cm³/mol. The molecule has 1 aromatic heterocycles. The first-order chi connectivity index (χ1) is 16.7. The minimum atomic E-state index is -0.310. The van der Waals surface area contributed by atoms with Crippen LogP contribution in [0.2, 0.25) is 0 Å². The predicted octanol–water partition coefficient (Wildman–Crippen LogP) is 5.59. The van der Waals surface area contributed by atoms with Gasteiger partial charge in [0.2, 0.25) is 5.91 Å². The molecule has 4 heteroatoms. The highest BCUT2D eigenvalue weighted by molar-refractivity contribution is 5.84. The van der Waals surface area contributed by atoms with E-state index in [1.165, 1.54) is 16.5 Å². The summed E-state index contributed by atoms with van der Waals surface area (Å²) in [5, 5.41) is 1.22. The molecule has 34 heavy (non-hydrogen) atoms. The van der Waals surface area contributed by atoms with Crippen molar-refractivity contribution in [3.63, 3.8) is 0 Å². The molecule has 3 aromatic rings. The van der Waals surface area contributed by atoms with Gasteiger partial charge in [0.05, 0.1) is 10.9 Å². The zero-order valence-corrected chi connectivity index (χ0v) is 19.9. The average Bonchev–Trinajstić information content (AvgIpc) is 3.14. The van der Waals surface area contributed by atoms with E-state index in [2.05, 4.69) is 70.7 Å². The van der Waals surface area contributed by atoms with Gasteiger partial charge in [-0.2, -0.15) is 0 Å². The summed E-state index contributed by atoms with van der Waals surface area (Å²) in [6, 6.07) is 22.0. The summed E-state index contributed by atoms with van der Waals surface area (Å²) >= 11 is 0. The van der Waals surface area contributed by atoms with Gasteiger partial charge in [0, 0.05) is 36.9 Å². The van der Waals surface area contributed by atoms with Crippen LogP contribution in [0.1, 0.15) is 49.7 Å². The fraction of sp³-hybridized carbons (Fsp3) is 0.467. The summed E-state index contributed by atoms with van der Waals surface area (Å²) in [5.41, 5.74) is 3.35. The Kier molecular flexibility index (Phi) is 5.86. The smallest absolute Gasteiger partial charge is 0.229 e. The molecule has 2 atom stereocenters. The molecule has 0 spiro atoms. The van der Waals surface area contributed by atoms with Gasteiger partial charge >= 0.3 is 0 Å². The van der Waals surface area contributed by atoms with Crippen molar-refractivity contribution in [2.24, 2.45) is 11.3 Å². The molecule has 3 aliphatic heterocycles. The molecule has 0 aliphatic carbocycles. The lowest BCUT2D eigenvalue weighted by atomic mass is 9.73. The van der Waals surface area contributed by atoms with Crippen LogP contribution < -0.4 is 0 Å². The Labute approximate surface area is 202 Å². The number of carbonyl (C=O) groups excluding carboxylic acids is 1. The van der Waals surface area contributed by atoms with Crippen LogP contribution in [0.3, 0.4) is 0 Å². The molecule has 0 radical (unpaired) electrons. The molecular formula is C30H34N2O2. The third-order valence-electron chi connectivity index (χ3n) is 8.53. The maximum atomic E-state index is 14.2. The van der Waals surface area contributed by atoms with Crippen molar-refractivity contribution in [1.29, 1.82) is 0 Å². The van der Waals surface area contributed by atoms with Crippen LogP contribution in [-0.2, 0) is 22.4 Å². The van der Waals surface area contributed by atoms with Gasteiger partial charge in [0.15, 0.2) is 0 Å². The summed E-state index contributed by atoms with van der Waals surface area (Å²) in [5.74, 6) is 1.03. The second-order valence-corrected chi connectivity index (χ2v) is 10.7. The lowest BCUT2D eigenvalue weighted by Gasteiger charge is -2.46. The summed E-state index contributed by atoms with van der Waals surface area (Å²) in [6.45, 7) is 1.39. The Morgan fingerprint density at radius 1 is 0.941 bits per heavy atom. The molecule has 3 aliphatic rings. The Balaban J connectivity index is 1.19. The Hall–Kier alpha value is -2.72. The molecular weight excluding hydrogens is 420 g/mol. The number of hydrogen-bond acceptors (Lipinski definition) is 3. The highest BCUT2D eigenvalue weighted by Gasteiger charge is 2.50. The largest absolute Gasteiger partial charge is 0.381 e. The van der Waals surface area contributed by atoms with Crippen LogP contribution in [0.15, 0.2) is 66.9 Å². The van der Waals surface area contributed by atoms with Crippen LogP contribution in [-0.4, -0.2) is 41.1 Å². The minimum Gasteiger partial charge on any atom is -0.381 e. The summed E-state index contributed by atoms with van der Waals surface area (Å²) < 4.78 is 5.71. The van der Waals surface area contributed by atoms with Crippen LogP contribution in [0.25, 0.3) is 10.9 Å². The second-order valence-electron chi connectivity index (χ2n) is 10.7. The number of pyridine rings is 1. The number of fused-ring (bicyclic) bond motifs is 3. The SMILES string of the molecule is O=C(N1C2CCC1CC(Cc1cnc3ccccc3c1)C2)C1(Cc2ccccc2)CCOCC1. The Morgan fingerprint density at radius 3 is 2.41 bits per heavy atom. The van der Waals surface area contributed by atoms with E-state index in [-0.39, 0.29) is 5.41 Å². The highest BCUT2D eigenvalue weighted by Crippen LogP contribution is 2.45. The van der Waals surface area contributed by atoms with E-state index in [0.717, 1.165) is 56.9 Å². The van der Waals surface area contributed by atoms with Gasteiger partial charge < -0.3 is 9.64 Å². The number of amides is 1. The van der Waals surface area contributed by atoms with Gasteiger partial charge in [0.25, 0.3) is 0 Å². The van der Waals surface area contributed by atoms with Crippen molar-refractivity contribution in [2.75, 3.05) is 13.2 Å². The zero-order chi connectivity index (χ0) is 23.0. The van der Waals surface area contributed by atoms with Gasteiger partial charge in [-0.15, -0.1) is 0 Å². The molecule has 4 heterocycles. The summed E-state index contributed by atoms with van der Waals surface area (Å²) in [7, 11) is 0. The van der Waals surface area contributed by atoms with E-state index in [1.807, 2.05) is 6.07 Å². The van der Waals surface area contributed by atoms with Crippen LogP contribution in [0, 0.1) is 11.3 Å². The number of piperidine rings is 1. The lowest BCUT2D eigenvalue weighted by Crippen LogP contribution is -2.55. The normalized spacial score (nSPS) is 26.0. The van der Waals surface area contributed by atoms with E-state index >= 15 is 0 Å². The first-order valence-corrected chi connectivity index (χ1v) is 13.0. The van der Waals surface area contributed by atoms with Crippen molar-refractivity contribution in [1.82, 2.24) is 9.88 Å². The number of para-hydroxylation sites is 1. The summed E-state index contributed by atoms with van der Waals surface area (Å²) in [4.78, 5) is 21.2. The van der Waals surface area contributed by atoms with Crippen LogP contribution >= 0.6 is 0 Å².